The van der Waals surface area contributed by atoms with Gasteiger partial charge in [-0.25, -0.2) is 0 Å². The molecule has 1 unspecified atom stereocenters. The van der Waals surface area contributed by atoms with E-state index < -0.39 is 0 Å². The van der Waals surface area contributed by atoms with Crippen LogP contribution < -0.4 is 5.32 Å². The lowest BCUT2D eigenvalue weighted by Gasteiger charge is -2.18. The molecule has 17 heavy (non-hydrogen) atoms. The van der Waals surface area contributed by atoms with E-state index in [9.17, 15) is 0 Å². The van der Waals surface area contributed by atoms with E-state index in [0.29, 0.717) is 0 Å². The lowest BCUT2D eigenvalue weighted by molar-refractivity contribution is 0.605. The summed E-state index contributed by atoms with van der Waals surface area (Å²) in [6.45, 7) is 3.13. The number of thiophene rings is 1. The summed E-state index contributed by atoms with van der Waals surface area (Å²) in [4.78, 5) is 5.32. The van der Waals surface area contributed by atoms with Crippen LogP contribution in [0.25, 0.3) is 0 Å². The first-order chi connectivity index (χ1) is 8.33. The molecule has 1 atom stereocenters. The van der Waals surface area contributed by atoms with E-state index in [-0.39, 0.29) is 6.04 Å². The van der Waals surface area contributed by atoms with Crippen molar-refractivity contribution in [2.45, 2.75) is 19.4 Å². The summed E-state index contributed by atoms with van der Waals surface area (Å²) in [6.07, 6.45) is 4.59. The highest BCUT2D eigenvalue weighted by molar-refractivity contribution is 7.10. The monoisotopic (exact) mass is 266 g/mol. The molecule has 2 heterocycles. The number of nitrogens with one attached hydrogen (secondary N) is 1. The van der Waals surface area contributed by atoms with Gasteiger partial charge in [-0.05, 0) is 36.0 Å². The molecule has 2 rings (SSSR count). The summed E-state index contributed by atoms with van der Waals surface area (Å²) in [7, 11) is 0. The fraction of sp³-hybridized carbons (Fsp3) is 0.308. The summed E-state index contributed by atoms with van der Waals surface area (Å²) < 4.78 is 0. The van der Waals surface area contributed by atoms with Gasteiger partial charge in [0.05, 0.1) is 11.1 Å². The maximum Gasteiger partial charge on any atom is 0.0686 e. The molecule has 4 heteroatoms. The Morgan fingerprint density at radius 3 is 3.00 bits per heavy atom. The number of aromatic nitrogens is 1. The molecule has 2 aromatic rings. The van der Waals surface area contributed by atoms with Gasteiger partial charge in [0.15, 0.2) is 0 Å². The van der Waals surface area contributed by atoms with Crippen LogP contribution >= 0.6 is 22.9 Å². The lowest BCUT2D eigenvalue weighted by Crippen LogP contribution is -2.22. The van der Waals surface area contributed by atoms with Crippen LogP contribution in [0.5, 0.6) is 0 Å². The lowest BCUT2D eigenvalue weighted by atomic mass is 10.1. The van der Waals surface area contributed by atoms with Crippen molar-refractivity contribution in [3.8, 4) is 0 Å². The molecule has 0 radical (unpaired) electrons. The molecule has 0 saturated carbocycles. The second-order valence-corrected chi connectivity index (χ2v) is 5.19. The summed E-state index contributed by atoms with van der Waals surface area (Å²) in [5, 5.41) is 6.33. The van der Waals surface area contributed by atoms with Gasteiger partial charge in [0.1, 0.15) is 0 Å². The molecule has 0 aliphatic heterocycles. The highest BCUT2D eigenvalue weighted by Crippen LogP contribution is 2.30. The van der Waals surface area contributed by atoms with Crippen LogP contribution in [0.1, 0.15) is 29.8 Å². The third kappa shape index (κ3) is 3.06. The van der Waals surface area contributed by atoms with Gasteiger partial charge in [-0.3, -0.25) is 4.98 Å². The summed E-state index contributed by atoms with van der Waals surface area (Å²) in [5.74, 6) is 0. The number of pyridine rings is 1. The summed E-state index contributed by atoms with van der Waals surface area (Å²) in [6, 6.07) is 6.35. The van der Waals surface area contributed by atoms with E-state index in [1.54, 1.807) is 23.7 Å². The molecule has 0 saturated heterocycles. The van der Waals surface area contributed by atoms with Gasteiger partial charge >= 0.3 is 0 Å². The van der Waals surface area contributed by atoms with Gasteiger partial charge in [-0.1, -0.05) is 24.6 Å². The fourth-order valence-electron chi connectivity index (χ4n) is 1.73. The standard InChI is InChI=1S/C13H15ClN2S/c1-2-6-16-13(12-4-3-8-17-12)10-5-7-15-9-11(10)14/h3-5,7-9,13,16H,2,6H2,1H3. The average molecular weight is 267 g/mol. The maximum atomic E-state index is 6.22. The number of rotatable bonds is 5. The Morgan fingerprint density at radius 1 is 1.47 bits per heavy atom. The summed E-state index contributed by atoms with van der Waals surface area (Å²) >= 11 is 7.96. The van der Waals surface area contributed by atoms with E-state index in [4.69, 9.17) is 11.6 Å². The predicted molar refractivity (Wildman–Crippen MR) is 73.7 cm³/mol. The van der Waals surface area contributed by atoms with Crippen molar-refractivity contribution in [3.05, 3.63) is 51.4 Å². The Balaban J connectivity index is 2.30. The molecule has 2 nitrogen and oxygen atoms in total. The van der Waals surface area contributed by atoms with Crippen molar-refractivity contribution >= 4 is 22.9 Å². The molecule has 0 aromatic carbocycles. The smallest absolute Gasteiger partial charge is 0.0686 e. The van der Waals surface area contributed by atoms with Crippen LogP contribution in [-0.2, 0) is 0 Å². The van der Waals surface area contributed by atoms with E-state index in [0.717, 1.165) is 23.6 Å². The molecule has 90 valence electrons. The topological polar surface area (TPSA) is 24.9 Å². The maximum absolute atomic E-state index is 6.22. The molecule has 1 N–H and O–H groups in total. The number of halogens is 1. The van der Waals surface area contributed by atoms with Crippen molar-refractivity contribution in [3.63, 3.8) is 0 Å². The quantitative estimate of drug-likeness (QED) is 0.888. The molecule has 0 aliphatic carbocycles. The average Bonchev–Trinajstić information content (AvgIpc) is 2.85. The molecular formula is C13H15ClN2S. The summed E-state index contributed by atoms with van der Waals surface area (Å²) in [5.41, 5.74) is 1.09. The van der Waals surface area contributed by atoms with Gasteiger partial charge < -0.3 is 5.32 Å². The normalized spacial score (nSPS) is 12.6. The van der Waals surface area contributed by atoms with Crippen molar-refractivity contribution in [2.24, 2.45) is 0 Å². The minimum absolute atomic E-state index is 0.172. The zero-order chi connectivity index (χ0) is 12.1. The minimum atomic E-state index is 0.172. The third-order valence-electron chi connectivity index (χ3n) is 2.54. The van der Waals surface area contributed by atoms with Gasteiger partial charge in [-0.15, -0.1) is 11.3 Å². The van der Waals surface area contributed by atoms with E-state index in [1.165, 1.54) is 4.88 Å². The van der Waals surface area contributed by atoms with Crippen LogP contribution in [0.4, 0.5) is 0 Å². The Kier molecular flexibility index (Phi) is 4.54. The van der Waals surface area contributed by atoms with Crippen LogP contribution in [0, 0.1) is 0 Å². The highest BCUT2D eigenvalue weighted by atomic mass is 35.5. The zero-order valence-electron chi connectivity index (χ0n) is 9.69. The highest BCUT2D eigenvalue weighted by Gasteiger charge is 2.16. The van der Waals surface area contributed by atoms with Crippen LogP contribution in [0.15, 0.2) is 36.0 Å². The SMILES string of the molecule is CCCNC(c1cccs1)c1ccncc1Cl. The third-order valence-corrected chi connectivity index (χ3v) is 3.79. The van der Waals surface area contributed by atoms with E-state index in [2.05, 4.69) is 34.7 Å². The van der Waals surface area contributed by atoms with E-state index >= 15 is 0 Å². The molecule has 0 spiro atoms. The number of hydrogen-bond acceptors (Lipinski definition) is 3. The van der Waals surface area contributed by atoms with Crippen LogP contribution in [0.3, 0.4) is 0 Å². The molecular weight excluding hydrogens is 252 g/mol. The van der Waals surface area contributed by atoms with E-state index in [1.807, 2.05) is 6.07 Å². The Morgan fingerprint density at radius 2 is 2.35 bits per heavy atom. The Labute approximate surface area is 111 Å². The molecule has 0 bridgehead atoms. The van der Waals surface area contributed by atoms with Crippen molar-refractivity contribution < 1.29 is 0 Å². The van der Waals surface area contributed by atoms with Crippen molar-refractivity contribution in [1.29, 1.82) is 0 Å². The van der Waals surface area contributed by atoms with Crippen LogP contribution in [0.2, 0.25) is 5.02 Å². The Bertz CT molecular complexity index is 456. The second kappa shape index (κ2) is 6.15. The molecule has 0 amide bonds. The number of nitrogens with zero attached hydrogens (tertiary/aromatic N) is 1. The van der Waals surface area contributed by atoms with Crippen molar-refractivity contribution in [1.82, 2.24) is 10.3 Å². The van der Waals surface area contributed by atoms with Gasteiger partial charge in [0.2, 0.25) is 0 Å². The first kappa shape index (κ1) is 12.6. The molecule has 0 fully saturated rings. The van der Waals surface area contributed by atoms with Crippen molar-refractivity contribution in [2.75, 3.05) is 6.54 Å². The molecule has 2 aromatic heterocycles. The van der Waals surface area contributed by atoms with Crippen LogP contribution in [-0.4, -0.2) is 11.5 Å². The van der Waals surface area contributed by atoms with Gasteiger partial charge in [0.25, 0.3) is 0 Å². The first-order valence-corrected chi connectivity index (χ1v) is 6.95. The van der Waals surface area contributed by atoms with Gasteiger partial charge in [0, 0.05) is 17.3 Å². The zero-order valence-corrected chi connectivity index (χ0v) is 11.3. The Hall–Kier alpha value is -0.900. The second-order valence-electron chi connectivity index (χ2n) is 3.80. The minimum Gasteiger partial charge on any atom is -0.306 e. The first-order valence-electron chi connectivity index (χ1n) is 5.69. The van der Waals surface area contributed by atoms with Gasteiger partial charge in [-0.2, -0.15) is 0 Å². The molecule has 0 aliphatic rings. The number of hydrogen-bond donors (Lipinski definition) is 1. The fourth-order valence-corrected chi connectivity index (χ4v) is 2.77. The largest absolute Gasteiger partial charge is 0.306 e. The predicted octanol–water partition coefficient (Wildman–Crippen LogP) is 3.89.